The Morgan fingerprint density at radius 3 is 2.50 bits per heavy atom. The summed E-state index contributed by atoms with van der Waals surface area (Å²) in [5.41, 5.74) is 1.34. The van der Waals surface area contributed by atoms with E-state index in [1.165, 1.54) is 18.2 Å². The molecular weight excluding hydrogens is 348 g/mol. The first-order valence-electron chi connectivity index (χ1n) is 7.52. The van der Waals surface area contributed by atoms with Gasteiger partial charge in [-0.2, -0.15) is 4.98 Å². The van der Waals surface area contributed by atoms with Crippen LogP contribution in [0.25, 0.3) is 11.5 Å². The van der Waals surface area contributed by atoms with Gasteiger partial charge in [0, 0.05) is 22.9 Å². The van der Waals surface area contributed by atoms with E-state index in [2.05, 4.69) is 24.9 Å². The summed E-state index contributed by atoms with van der Waals surface area (Å²) < 4.78 is 39.8. The Labute approximate surface area is 145 Å². The highest BCUT2D eigenvalue weighted by Gasteiger charge is 2.43. The van der Waals surface area contributed by atoms with Gasteiger partial charge in [0.2, 0.25) is 0 Å². The number of aryl methyl sites for hydroxylation is 1. The van der Waals surface area contributed by atoms with Crippen LogP contribution in [0, 0.1) is 6.92 Å². The van der Waals surface area contributed by atoms with Gasteiger partial charge in [0.25, 0.3) is 11.8 Å². The predicted octanol–water partition coefficient (Wildman–Crippen LogP) is 3.62. The quantitative estimate of drug-likeness (QED) is 0.769. The van der Waals surface area contributed by atoms with Gasteiger partial charge in [-0.25, -0.2) is 0 Å². The van der Waals surface area contributed by atoms with Crippen molar-refractivity contribution in [3.63, 3.8) is 0 Å². The number of hydrogen-bond donors (Lipinski definition) is 1. The van der Waals surface area contributed by atoms with Crippen molar-refractivity contribution in [2.24, 2.45) is 0 Å². The van der Waals surface area contributed by atoms with Crippen LogP contribution in [0.4, 0.5) is 14.5 Å². The van der Waals surface area contributed by atoms with E-state index in [4.69, 9.17) is 4.52 Å². The van der Waals surface area contributed by atoms with E-state index < -0.39 is 12.2 Å². The van der Waals surface area contributed by atoms with E-state index in [1.807, 2.05) is 0 Å². The molecule has 1 N–H and O–H groups in total. The van der Waals surface area contributed by atoms with E-state index in [1.54, 1.807) is 31.2 Å². The number of carbonyl (C=O) groups is 1. The molecule has 0 saturated heterocycles. The molecule has 1 amide bonds. The molecule has 26 heavy (non-hydrogen) atoms. The van der Waals surface area contributed by atoms with Crippen LogP contribution < -0.4 is 14.8 Å². The van der Waals surface area contributed by atoms with E-state index >= 15 is 0 Å². The Morgan fingerprint density at radius 1 is 1.08 bits per heavy atom. The zero-order valence-electron chi connectivity index (χ0n) is 13.3. The first kappa shape index (κ1) is 16.0. The molecule has 4 rings (SSSR count). The number of aromatic nitrogens is 2. The van der Waals surface area contributed by atoms with Crippen LogP contribution in [0.15, 0.2) is 47.0 Å². The van der Waals surface area contributed by atoms with Crippen LogP contribution in [-0.2, 0) is 0 Å². The number of ether oxygens (including phenoxy) is 2. The van der Waals surface area contributed by atoms with Crippen LogP contribution in [0.5, 0.6) is 11.5 Å². The molecule has 2 heterocycles. The number of fused-ring (bicyclic) bond motifs is 1. The Bertz CT molecular complexity index is 986. The molecule has 132 valence electrons. The predicted molar refractivity (Wildman–Crippen MR) is 85.1 cm³/mol. The number of hydrogen-bond acceptors (Lipinski definition) is 6. The summed E-state index contributed by atoms with van der Waals surface area (Å²) in [5, 5.41) is 6.31. The van der Waals surface area contributed by atoms with Gasteiger partial charge < -0.3 is 19.3 Å². The normalized spacial score (nSPS) is 14.3. The number of carbonyl (C=O) groups excluding carboxylic acids is 1. The van der Waals surface area contributed by atoms with Gasteiger partial charge in [-0.15, -0.1) is 8.78 Å². The molecule has 0 radical (unpaired) electrons. The summed E-state index contributed by atoms with van der Waals surface area (Å²) in [4.78, 5) is 16.4. The number of halogens is 2. The SMILES string of the molecule is Cc1noc(-c2ccc(C(=O)Nc3ccc4c(c3)OC(F)(F)O4)cc2)n1. The van der Waals surface area contributed by atoms with Crippen LogP contribution in [-0.4, -0.2) is 22.3 Å². The van der Waals surface area contributed by atoms with Crippen LogP contribution in [0.3, 0.4) is 0 Å². The maximum atomic E-state index is 13.0. The molecule has 0 atom stereocenters. The molecule has 1 aromatic heterocycles. The van der Waals surface area contributed by atoms with Gasteiger partial charge in [0.05, 0.1) is 0 Å². The summed E-state index contributed by atoms with van der Waals surface area (Å²) in [6.07, 6.45) is -3.70. The second-order valence-electron chi connectivity index (χ2n) is 5.51. The third kappa shape index (κ3) is 3.06. The summed E-state index contributed by atoms with van der Waals surface area (Å²) in [5.74, 6) is 0.215. The Hall–Kier alpha value is -3.49. The molecular formula is C17H11F2N3O4. The second kappa shape index (κ2) is 5.80. The van der Waals surface area contributed by atoms with Crippen molar-refractivity contribution in [1.29, 1.82) is 0 Å². The molecule has 0 spiro atoms. The van der Waals surface area contributed by atoms with Gasteiger partial charge in [-0.05, 0) is 43.3 Å². The third-order valence-electron chi connectivity index (χ3n) is 3.58. The number of benzene rings is 2. The smallest absolute Gasteiger partial charge is 0.395 e. The van der Waals surface area contributed by atoms with E-state index in [0.717, 1.165) is 0 Å². The number of rotatable bonds is 3. The Balaban J connectivity index is 1.49. The molecule has 0 fully saturated rings. The lowest BCUT2D eigenvalue weighted by atomic mass is 10.1. The fourth-order valence-electron chi connectivity index (χ4n) is 2.41. The van der Waals surface area contributed by atoms with Crippen molar-refractivity contribution in [2.75, 3.05) is 5.32 Å². The van der Waals surface area contributed by atoms with Crippen molar-refractivity contribution < 1.29 is 27.6 Å². The average Bonchev–Trinajstić information content (AvgIpc) is 3.16. The fourth-order valence-corrected chi connectivity index (χ4v) is 2.41. The average molecular weight is 359 g/mol. The van der Waals surface area contributed by atoms with Crippen LogP contribution in [0.2, 0.25) is 0 Å². The molecule has 0 bridgehead atoms. The van der Waals surface area contributed by atoms with Crippen molar-refractivity contribution in [2.45, 2.75) is 13.2 Å². The highest BCUT2D eigenvalue weighted by Crippen LogP contribution is 2.42. The van der Waals surface area contributed by atoms with Gasteiger partial charge in [0.15, 0.2) is 17.3 Å². The van der Waals surface area contributed by atoms with Gasteiger partial charge in [0.1, 0.15) is 0 Å². The first-order valence-corrected chi connectivity index (χ1v) is 7.52. The molecule has 1 aliphatic rings. The largest absolute Gasteiger partial charge is 0.586 e. The van der Waals surface area contributed by atoms with Gasteiger partial charge in [-0.3, -0.25) is 4.79 Å². The second-order valence-corrected chi connectivity index (χ2v) is 5.51. The summed E-state index contributed by atoms with van der Waals surface area (Å²) >= 11 is 0. The molecule has 3 aromatic rings. The van der Waals surface area contributed by atoms with Crippen LogP contribution in [0.1, 0.15) is 16.2 Å². The van der Waals surface area contributed by atoms with Crippen molar-refractivity contribution in [3.8, 4) is 23.0 Å². The number of nitrogens with one attached hydrogen (secondary N) is 1. The minimum Gasteiger partial charge on any atom is -0.395 e. The molecule has 0 unspecified atom stereocenters. The van der Waals surface area contributed by atoms with Crippen molar-refractivity contribution >= 4 is 11.6 Å². The first-order chi connectivity index (χ1) is 12.4. The summed E-state index contributed by atoms with van der Waals surface area (Å²) in [7, 11) is 0. The van der Waals surface area contributed by atoms with Crippen molar-refractivity contribution in [1.82, 2.24) is 10.1 Å². The number of amides is 1. The monoisotopic (exact) mass is 359 g/mol. The fraction of sp³-hybridized carbons (Fsp3) is 0.118. The lowest BCUT2D eigenvalue weighted by Gasteiger charge is -2.06. The molecule has 0 saturated carbocycles. The highest BCUT2D eigenvalue weighted by molar-refractivity contribution is 6.04. The Morgan fingerprint density at radius 2 is 1.81 bits per heavy atom. The lowest BCUT2D eigenvalue weighted by Crippen LogP contribution is -2.25. The topological polar surface area (TPSA) is 86.5 Å². The third-order valence-corrected chi connectivity index (χ3v) is 3.58. The number of alkyl halides is 2. The molecule has 2 aromatic carbocycles. The van der Waals surface area contributed by atoms with E-state index in [0.29, 0.717) is 28.5 Å². The van der Waals surface area contributed by atoms with Gasteiger partial charge in [-0.1, -0.05) is 5.16 Å². The zero-order valence-corrected chi connectivity index (χ0v) is 13.3. The highest BCUT2D eigenvalue weighted by atomic mass is 19.3. The minimum absolute atomic E-state index is 0.0906. The zero-order chi connectivity index (χ0) is 18.3. The van der Waals surface area contributed by atoms with Gasteiger partial charge >= 0.3 is 6.29 Å². The number of anilines is 1. The summed E-state index contributed by atoms with van der Waals surface area (Å²) in [6.45, 7) is 1.70. The summed E-state index contributed by atoms with van der Waals surface area (Å²) in [6, 6.07) is 10.5. The van der Waals surface area contributed by atoms with E-state index in [-0.39, 0.29) is 11.5 Å². The van der Waals surface area contributed by atoms with E-state index in [9.17, 15) is 13.6 Å². The van der Waals surface area contributed by atoms with Crippen LogP contribution >= 0.6 is 0 Å². The number of nitrogens with zero attached hydrogens (tertiary/aromatic N) is 2. The Kier molecular flexibility index (Phi) is 3.57. The molecule has 9 heteroatoms. The maximum Gasteiger partial charge on any atom is 0.586 e. The molecule has 1 aliphatic heterocycles. The molecule has 0 aliphatic carbocycles. The minimum atomic E-state index is -3.70. The van der Waals surface area contributed by atoms with Crippen molar-refractivity contribution in [3.05, 3.63) is 53.9 Å². The molecule has 7 nitrogen and oxygen atoms in total. The maximum absolute atomic E-state index is 13.0. The standard InChI is InChI=1S/C17H11F2N3O4/c1-9-20-16(26-22-9)11-4-2-10(3-5-11)15(23)21-12-6-7-13-14(8-12)25-17(18,19)24-13/h2-8H,1H3,(H,21,23). The lowest BCUT2D eigenvalue weighted by molar-refractivity contribution is -0.286.